The highest BCUT2D eigenvalue weighted by Crippen LogP contribution is 2.27. The molecule has 0 aromatic heterocycles. The standard InChI is InChI=1S/C13H18ClFN2O2S/c14-11-6-10(16)7-12(13(11)15)20(18,19)17-8-9-4-2-1-3-5-9/h6-7,9,17H,1-5,8,16H2. The maximum absolute atomic E-state index is 13.8. The first-order valence-electron chi connectivity index (χ1n) is 6.64. The molecule has 1 aromatic rings. The Balaban J connectivity index is 2.14. The first kappa shape index (κ1) is 15.5. The summed E-state index contributed by atoms with van der Waals surface area (Å²) in [6.07, 6.45) is 5.43. The topological polar surface area (TPSA) is 72.2 Å². The first-order valence-corrected chi connectivity index (χ1v) is 8.50. The van der Waals surface area contributed by atoms with Crippen LogP contribution in [0, 0.1) is 11.7 Å². The van der Waals surface area contributed by atoms with Gasteiger partial charge in [0.25, 0.3) is 0 Å². The Hall–Kier alpha value is -0.850. The van der Waals surface area contributed by atoms with E-state index in [1.54, 1.807) is 0 Å². The molecule has 0 unspecified atom stereocenters. The van der Waals surface area contributed by atoms with Gasteiger partial charge >= 0.3 is 0 Å². The van der Waals surface area contributed by atoms with Crippen LogP contribution < -0.4 is 10.5 Å². The van der Waals surface area contributed by atoms with Crippen LogP contribution >= 0.6 is 11.6 Å². The molecular weight excluding hydrogens is 303 g/mol. The third-order valence-electron chi connectivity index (χ3n) is 3.59. The maximum atomic E-state index is 13.8. The average Bonchev–Trinajstić information content (AvgIpc) is 2.42. The van der Waals surface area contributed by atoms with Crippen molar-refractivity contribution in [2.45, 2.75) is 37.0 Å². The van der Waals surface area contributed by atoms with E-state index in [9.17, 15) is 12.8 Å². The van der Waals surface area contributed by atoms with Crippen molar-refractivity contribution < 1.29 is 12.8 Å². The minimum absolute atomic E-state index is 0.120. The highest BCUT2D eigenvalue weighted by atomic mass is 35.5. The second-order valence-corrected chi connectivity index (χ2v) is 7.31. The maximum Gasteiger partial charge on any atom is 0.243 e. The molecule has 7 heteroatoms. The van der Waals surface area contributed by atoms with Crippen LogP contribution in [-0.4, -0.2) is 15.0 Å². The first-order chi connectivity index (χ1) is 9.40. The predicted octanol–water partition coefficient (Wildman–Crippen LogP) is 2.92. The minimum Gasteiger partial charge on any atom is -0.399 e. The molecule has 0 bridgehead atoms. The Kier molecular flexibility index (Phi) is 4.88. The van der Waals surface area contributed by atoms with Gasteiger partial charge in [-0.05, 0) is 30.9 Å². The van der Waals surface area contributed by atoms with Gasteiger partial charge in [-0.2, -0.15) is 0 Å². The van der Waals surface area contributed by atoms with E-state index in [4.69, 9.17) is 17.3 Å². The summed E-state index contributed by atoms with van der Waals surface area (Å²) in [5.41, 5.74) is 5.64. The summed E-state index contributed by atoms with van der Waals surface area (Å²) in [6.45, 7) is 0.328. The Morgan fingerprint density at radius 3 is 2.60 bits per heavy atom. The zero-order valence-electron chi connectivity index (χ0n) is 11.0. The zero-order chi connectivity index (χ0) is 14.8. The summed E-state index contributed by atoms with van der Waals surface area (Å²) in [5.74, 6) is -0.643. The van der Waals surface area contributed by atoms with Crippen LogP contribution in [-0.2, 0) is 10.0 Å². The predicted molar refractivity (Wildman–Crippen MR) is 77.6 cm³/mol. The van der Waals surface area contributed by atoms with Gasteiger partial charge < -0.3 is 5.73 Å². The van der Waals surface area contributed by atoms with Gasteiger partial charge in [0.1, 0.15) is 4.90 Å². The molecule has 1 aliphatic rings. The number of rotatable bonds is 4. The fourth-order valence-electron chi connectivity index (χ4n) is 2.48. The number of nitrogen functional groups attached to an aromatic ring is 1. The number of anilines is 1. The van der Waals surface area contributed by atoms with Crippen molar-refractivity contribution in [3.63, 3.8) is 0 Å². The van der Waals surface area contributed by atoms with Crippen molar-refractivity contribution in [2.75, 3.05) is 12.3 Å². The molecule has 0 saturated heterocycles. The molecule has 1 aromatic carbocycles. The van der Waals surface area contributed by atoms with Crippen LogP contribution in [0.4, 0.5) is 10.1 Å². The van der Waals surface area contributed by atoms with Crippen LogP contribution in [0.2, 0.25) is 5.02 Å². The van der Waals surface area contributed by atoms with Gasteiger partial charge in [0.05, 0.1) is 5.02 Å². The molecule has 1 fully saturated rings. The molecule has 112 valence electrons. The fraction of sp³-hybridized carbons (Fsp3) is 0.538. The van der Waals surface area contributed by atoms with Crippen molar-refractivity contribution >= 4 is 27.3 Å². The Labute approximate surface area is 123 Å². The van der Waals surface area contributed by atoms with Crippen molar-refractivity contribution in [3.8, 4) is 0 Å². The average molecular weight is 321 g/mol. The molecule has 0 spiro atoms. The van der Waals surface area contributed by atoms with Gasteiger partial charge in [-0.1, -0.05) is 30.9 Å². The molecule has 1 saturated carbocycles. The Bertz CT molecular complexity index is 586. The smallest absolute Gasteiger partial charge is 0.243 e. The second-order valence-electron chi connectivity index (χ2n) is 5.17. The van der Waals surface area contributed by atoms with E-state index in [1.165, 1.54) is 12.5 Å². The van der Waals surface area contributed by atoms with E-state index in [2.05, 4.69) is 4.72 Å². The summed E-state index contributed by atoms with van der Waals surface area (Å²) >= 11 is 5.63. The van der Waals surface area contributed by atoms with Crippen LogP contribution in [0.15, 0.2) is 17.0 Å². The molecule has 20 heavy (non-hydrogen) atoms. The molecule has 1 aliphatic carbocycles. The largest absolute Gasteiger partial charge is 0.399 e. The van der Waals surface area contributed by atoms with Crippen molar-refractivity contribution in [1.82, 2.24) is 4.72 Å². The molecule has 0 radical (unpaired) electrons. The summed E-state index contributed by atoms with van der Waals surface area (Å²) in [4.78, 5) is -0.488. The normalized spacial score (nSPS) is 17.3. The Morgan fingerprint density at radius 2 is 1.95 bits per heavy atom. The third-order valence-corrected chi connectivity index (χ3v) is 5.29. The van der Waals surface area contributed by atoms with Crippen molar-refractivity contribution in [1.29, 1.82) is 0 Å². The molecule has 2 rings (SSSR count). The zero-order valence-corrected chi connectivity index (χ0v) is 12.6. The summed E-state index contributed by atoms with van der Waals surface area (Å²) in [7, 11) is -3.92. The summed E-state index contributed by atoms with van der Waals surface area (Å²) in [5, 5.41) is -0.289. The van der Waals surface area contributed by atoms with Crippen LogP contribution in [0.3, 0.4) is 0 Å². The highest BCUT2D eigenvalue weighted by molar-refractivity contribution is 7.89. The number of sulfonamides is 1. The van der Waals surface area contributed by atoms with E-state index in [-0.39, 0.29) is 10.7 Å². The van der Waals surface area contributed by atoms with Crippen LogP contribution in [0.5, 0.6) is 0 Å². The number of hydrogen-bond donors (Lipinski definition) is 2. The minimum atomic E-state index is -3.92. The van der Waals surface area contributed by atoms with Crippen LogP contribution in [0.25, 0.3) is 0 Å². The van der Waals surface area contributed by atoms with Gasteiger partial charge in [0, 0.05) is 12.2 Å². The summed E-state index contributed by atoms with van der Waals surface area (Å²) < 4.78 is 40.6. The number of nitrogens with one attached hydrogen (secondary N) is 1. The molecule has 4 nitrogen and oxygen atoms in total. The number of nitrogens with two attached hydrogens (primary N) is 1. The quantitative estimate of drug-likeness (QED) is 0.838. The lowest BCUT2D eigenvalue weighted by molar-refractivity contribution is 0.357. The van der Waals surface area contributed by atoms with Gasteiger partial charge in [0.2, 0.25) is 10.0 Å². The van der Waals surface area contributed by atoms with Crippen molar-refractivity contribution in [3.05, 3.63) is 23.0 Å². The molecular formula is C13H18ClFN2O2S. The Morgan fingerprint density at radius 1 is 1.30 bits per heavy atom. The van der Waals surface area contributed by atoms with E-state index in [1.807, 2.05) is 0 Å². The highest BCUT2D eigenvalue weighted by Gasteiger charge is 2.23. The van der Waals surface area contributed by atoms with E-state index < -0.39 is 20.7 Å². The van der Waals surface area contributed by atoms with Gasteiger partial charge in [-0.15, -0.1) is 0 Å². The van der Waals surface area contributed by atoms with E-state index in [0.717, 1.165) is 31.7 Å². The number of benzene rings is 1. The number of halogens is 2. The lowest BCUT2D eigenvalue weighted by Gasteiger charge is -2.21. The molecule has 0 atom stereocenters. The summed E-state index contributed by atoms with van der Waals surface area (Å²) in [6, 6.07) is 2.28. The van der Waals surface area contributed by atoms with E-state index in [0.29, 0.717) is 12.5 Å². The van der Waals surface area contributed by atoms with Crippen molar-refractivity contribution in [2.24, 2.45) is 5.92 Å². The number of hydrogen-bond acceptors (Lipinski definition) is 3. The molecule has 0 amide bonds. The fourth-order valence-corrected chi connectivity index (χ4v) is 4.01. The van der Waals surface area contributed by atoms with Gasteiger partial charge in [-0.25, -0.2) is 17.5 Å². The van der Waals surface area contributed by atoms with Gasteiger partial charge in [-0.3, -0.25) is 0 Å². The molecule has 3 N–H and O–H groups in total. The van der Waals surface area contributed by atoms with E-state index >= 15 is 0 Å². The molecule has 0 aliphatic heterocycles. The SMILES string of the molecule is Nc1cc(Cl)c(F)c(S(=O)(=O)NCC2CCCCC2)c1. The van der Waals surface area contributed by atoms with Gasteiger partial charge in [0.15, 0.2) is 5.82 Å². The van der Waals surface area contributed by atoms with Crippen LogP contribution in [0.1, 0.15) is 32.1 Å². The second kappa shape index (κ2) is 6.28. The third kappa shape index (κ3) is 3.62. The lowest BCUT2D eigenvalue weighted by Crippen LogP contribution is -2.31. The molecule has 0 heterocycles. The monoisotopic (exact) mass is 320 g/mol. The lowest BCUT2D eigenvalue weighted by atomic mass is 9.90.